The van der Waals surface area contributed by atoms with Crippen LogP contribution < -0.4 is 5.32 Å². The van der Waals surface area contributed by atoms with E-state index >= 15 is 0 Å². The molecule has 1 aliphatic carbocycles. The zero-order valence-corrected chi connectivity index (χ0v) is 11.3. The van der Waals surface area contributed by atoms with Gasteiger partial charge in [-0.15, -0.1) is 0 Å². The highest BCUT2D eigenvalue weighted by Gasteiger charge is 2.33. The topological polar surface area (TPSA) is 88.0 Å². The first-order chi connectivity index (χ1) is 8.97. The van der Waals surface area contributed by atoms with Crippen LogP contribution in [0.15, 0.2) is 5.16 Å². The minimum absolute atomic E-state index is 0.0415. The highest BCUT2D eigenvalue weighted by Crippen LogP contribution is 2.29. The van der Waals surface area contributed by atoms with E-state index in [0.717, 1.165) is 19.3 Å². The Morgan fingerprint density at radius 3 is 2.63 bits per heavy atom. The van der Waals surface area contributed by atoms with Crippen LogP contribution in [0.25, 0.3) is 0 Å². The average molecular weight is 268 g/mol. The summed E-state index contributed by atoms with van der Waals surface area (Å²) in [6.07, 6.45) is 2.29. The van der Waals surface area contributed by atoms with Gasteiger partial charge in [-0.25, -0.2) is 4.79 Å². The third kappa shape index (κ3) is 3.24. The molecule has 0 aromatic carbocycles. The summed E-state index contributed by atoms with van der Waals surface area (Å²) >= 11 is 0. The molecule has 1 amide bonds. The predicted octanol–water partition coefficient (Wildman–Crippen LogP) is 1.16. The standard InChI is InChI=1S/C13H20N2O4/c1-7-3-4-9(5-8(7)2)14-12(16)11-6-10(13(17)18)15-19-11/h7-9,11H,3-6H2,1-2H3,(H,14,16)(H,17,18). The highest BCUT2D eigenvalue weighted by atomic mass is 16.6. The van der Waals surface area contributed by atoms with Crippen molar-refractivity contribution < 1.29 is 19.5 Å². The maximum atomic E-state index is 12.0. The highest BCUT2D eigenvalue weighted by molar-refractivity contribution is 6.36. The second-order valence-corrected chi connectivity index (χ2v) is 5.61. The molecule has 6 heteroatoms. The molecule has 0 aromatic rings. The molecule has 19 heavy (non-hydrogen) atoms. The lowest BCUT2D eigenvalue weighted by atomic mass is 9.79. The number of aliphatic carboxylic acids is 1. The van der Waals surface area contributed by atoms with Crippen molar-refractivity contribution in [3.8, 4) is 0 Å². The van der Waals surface area contributed by atoms with Gasteiger partial charge in [0.15, 0.2) is 5.71 Å². The summed E-state index contributed by atoms with van der Waals surface area (Å²) in [5, 5.41) is 15.1. The fraction of sp³-hybridized carbons (Fsp3) is 0.769. The molecule has 2 rings (SSSR count). The molecular formula is C13H20N2O4. The van der Waals surface area contributed by atoms with Gasteiger partial charge < -0.3 is 15.3 Å². The molecule has 4 unspecified atom stereocenters. The predicted molar refractivity (Wildman–Crippen MR) is 68.7 cm³/mol. The van der Waals surface area contributed by atoms with Gasteiger partial charge in [-0.3, -0.25) is 4.79 Å². The molecule has 2 N–H and O–H groups in total. The number of nitrogens with one attached hydrogen (secondary N) is 1. The van der Waals surface area contributed by atoms with Gasteiger partial charge in [0.1, 0.15) is 0 Å². The van der Waals surface area contributed by atoms with Crippen molar-refractivity contribution in [1.29, 1.82) is 0 Å². The first-order valence-corrected chi connectivity index (χ1v) is 6.73. The largest absolute Gasteiger partial charge is 0.477 e. The third-order valence-electron chi connectivity index (χ3n) is 4.15. The van der Waals surface area contributed by atoms with E-state index in [1.807, 2.05) is 0 Å². The molecule has 106 valence electrons. The van der Waals surface area contributed by atoms with Gasteiger partial charge in [0, 0.05) is 12.5 Å². The van der Waals surface area contributed by atoms with Gasteiger partial charge in [-0.05, 0) is 31.1 Å². The second kappa shape index (κ2) is 5.59. The maximum absolute atomic E-state index is 12.0. The van der Waals surface area contributed by atoms with E-state index in [4.69, 9.17) is 9.94 Å². The number of amides is 1. The molecule has 6 nitrogen and oxygen atoms in total. The van der Waals surface area contributed by atoms with Crippen LogP contribution in [0.1, 0.15) is 39.5 Å². The second-order valence-electron chi connectivity index (χ2n) is 5.61. The Bertz CT molecular complexity index is 407. The van der Waals surface area contributed by atoms with Crippen LogP contribution in [0.3, 0.4) is 0 Å². The first-order valence-electron chi connectivity index (χ1n) is 6.73. The van der Waals surface area contributed by atoms with E-state index in [0.29, 0.717) is 11.8 Å². The van der Waals surface area contributed by atoms with Crippen LogP contribution in [0.4, 0.5) is 0 Å². The summed E-state index contributed by atoms with van der Waals surface area (Å²) in [6.45, 7) is 4.43. The van der Waals surface area contributed by atoms with E-state index in [1.165, 1.54) is 0 Å². The van der Waals surface area contributed by atoms with Crippen LogP contribution >= 0.6 is 0 Å². The molecule has 0 saturated heterocycles. The van der Waals surface area contributed by atoms with Crippen molar-refractivity contribution in [3.05, 3.63) is 0 Å². The number of rotatable bonds is 3. The smallest absolute Gasteiger partial charge is 0.353 e. The van der Waals surface area contributed by atoms with Gasteiger partial charge in [-0.2, -0.15) is 0 Å². The van der Waals surface area contributed by atoms with Gasteiger partial charge in [0.25, 0.3) is 5.91 Å². The zero-order valence-electron chi connectivity index (χ0n) is 11.3. The number of nitrogens with zero attached hydrogens (tertiary/aromatic N) is 1. The summed E-state index contributed by atoms with van der Waals surface area (Å²) < 4.78 is 0. The van der Waals surface area contributed by atoms with Gasteiger partial charge >= 0.3 is 5.97 Å². The van der Waals surface area contributed by atoms with E-state index < -0.39 is 12.1 Å². The summed E-state index contributed by atoms with van der Waals surface area (Å²) in [4.78, 5) is 27.5. The summed E-state index contributed by atoms with van der Waals surface area (Å²) in [7, 11) is 0. The maximum Gasteiger partial charge on any atom is 0.353 e. The molecule has 0 bridgehead atoms. The van der Waals surface area contributed by atoms with E-state index in [2.05, 4.69) is 24.3 Å². The van der Waals surface area contributed by atoms with Crippen molar-refractivity contribution in [3.63, 3.8) is 0 Å². The Hall–Kier alpha value is -1.59. The Morgan fingerprint density at radius 1 is 1.32 bits per heavy atom. The number of hydrogen-bond acceptors (Lipinski definition) is 4. The Labute approximate surface area is 112 Å². The molecule has 0 aromatic heterocycles. The Balaban J connectivity index is 1.81. The van der Waals surface area contributed by atoms with Gasteiger partial charge in [0.2, 0.25) is 6.10 Å². The van der Waals surface area contributed by atoms with E-state index in [9.17, 15) is 9.59 Å². The molecule has 0 radical (unpaired) electrons. The quantitative estimate of drug-likeness (QED) is 0.804. The van der Waals surface area contributed by atoms with Crippen LogP contribution in [0, 0.1) is 11.8 Å². The van der Waals surface area contributed by atoms with Crippen molar-refractivity contribution in [2.24, 2.45) is 17.0 Å². The molecular weight excluding hydrogens is 248 g/mol. The number of carboxylic acid groups (broad SMARTS) is 1. The number of carbonyl (C=O) groups is 2. The normalized spacial score (nSPS) is 34.3. The number of oxime groups is 1. The lowest BCUT2D eigenvalue weighted by Crippen LogP contribution is -2.44. The van der Waals surface area contributed by atoms with Crippen molar-refractivity contribution in [2.75, 3.05) is 0 Å². The molecule has 4 atom stereocenters. The fourth-order valence-corrected chi connectivity index (χ4v) is 2.62. The lowest BCUT2D eigenvalue weighted by Gasteiger charge is -2.32. The van der Waals surface area contributed by atoms with Crippen molar-refractivity contribution in [1.82, 2.24) is 5.32 Å². The fourth-order valence-electron chi connectivity index (χ4n) is 2.62. The molecule has 1 saturated carbocycles. The van der Waals surface area contributed by atoms with Crippen LogP contribution in [0.2, 0.25) is 0 Å². The first kappa shape index (κ1) is 13.8. The van der Waals surface area contributed by atoms with Crippen molar-refractivity contribution >= 4 is 17.6 Å². The van der Waals surface area contributed by atoms with Gasteiger partial charge in [0.05, 0.1) is 0 Å². The molecule has 0 spiro atoms. The zero-order chi connectivity index (χ0) is 14.0. The van der Waals surface area contributed by atoms with E-state index in [1.54, 1.807) is 0 Å². The van der Waals surface area contributed by atoms with Crippen LogP contribution in [-0.2, 0) is 14.4 Å². The molecule has 1 fully saturated rings. The summed E-state index contributed by atoms with van der Waals surface area (Å²) in [5.41, 5.74) is -0.0919. The number of hydrogen-bond donors (Lipinski definition) is 2. The van der Waals surface area contributed by atoms with Crippen molar-refractivity contribution in [2.45, 2.75) is 51.7 Å². The SMILES string of the molecule is CC1CCC(NC(=O)C2CC(C(=O)O)=NO2)CC1C. The Morgan fingerprint density at radius 2 is 2.05 bits per heavy atom. The summed E-state index contributed by atoms with van der Waals surface area (Å²) in [6, 6.07) is 0.163. The van der Waals surface area contributed by atoms with Crippen LogP contribution in [-0.4, -0.2) is 34.8 Å². The minimum Gasteiger partial charge on any atom is -0.477 e. The molecule has 1 aliphatic heterocycles. The monoisotopic (exact) mass is 268 g/mol. The molecule has 2 aliphatic rings. The number of carbonyl (C=O) groups excluding carboxylic acids is 1. The number of carboxylic acids is 1. The Kier molecular flexibility index (Phi) is 4.07. The lowest BCUT2D eigenvalue weighted by molar-refractivity contribution is -0.132. The van der Waals surface area contributed by atoms with E-state index in [-0.39, 0.29) is 24.1 Å². The average Bonchev–Trinajstić information content (AvgIpc) is 2.83. The summed E-state index contributed by atoms with van der Waals surface area (Å²) in [5.74, 6) is -0.102. The van der Waals surface area contributed by atoms with Crippen LogP contribution in [0.5, 0.6) is 0 Å². The van der Waals surface area contributed by atoms with Gasteiger partial charge in [-0.1, -0.05) is 19.0 Å². The third-order valence-corrected chi connectivity index (χ3v) is 4.15. The minimum atomic E-state index is -1.13. The molecule has 1 heterocycles.